The number of nitrogens with one attached hydrogen (secondary N) is 4. The normalized spacial score (nSPS) is 15.5. The van der Waals surface area contributed by atoms with Gasteiger partial charge in [0.2, 0.25) is 5.91 Å². The van der Waals surface area contributed by atoms with E-state index in [1.807, 2.05) is 6.07 Å². The lowest BCUT2D eigenvalue weighted by Gasteiger charge is -2.22. The van der Waals surface area contributed by atoms with Crippen molar-refractivity contribution in [3.05, 3.63) is 132 Å². The molecule has 8 heteroatoms. The minimum Gasteiger partial charge on any atom is -0.361 e. The van der Waals surface area contributed by atoms with E-state index in [1.54, 1.807) is 0 Å². The summed E-state index contributed by atoms with van der Waals surface area (Å²) in [6, 6.07) is 31.2. The predicted octanol–water partition coefficient (Wildman–Crippen LogP) is 6.77. The summed E-state index contributed by atoms with van der Waals surface area (Å²) in [5, 5.41) is 21.3. The molecule has 236 valence electrons. The van der Waals surface area contributed by atoms with Crippen LogP contribution in [0.2, 0.25) is 0 Å². The summed E-state index contributed by atoms with van der Waals surface area (Å²) in [6.45, 7) is 1.48. The maximum absolute atomic E-state index is 13.6. The van der Waals surface area contributed by atoms with Crippen molar-refractivity contribution in [2.45, 2.75) is 57.2 Å². The standard InChI is InChI=1S/C39H39N7O/c47-39(35-19-9-21-40-35)43-36(22-29-24-42-34-18-6-4-16-32(29)34)38-45-44-37(20-8-12-27-23-41-33-17-5-3-15-31(27)33)46(38)25-28-13-7-11-26-10-1-2-14-30(26)28/h1-7,10-11,13-18,23-24,35-36,40-42H,8-9,12,19-22,25H2,(H,43,47). The molecule has 4 heterocycles. The first-order valence-corrected chi connectivity index (χ1v) is 16.7. The molecule has 1 amide bonds. The van der Waals surface area contributed by atoms with Gasteiger partial charge in [-0.15, -0.1) is 10.2 Å². The van der Waals surface area contributed by atoms with Crippen molar-refractivity contribution >= 4 is 38.5 Å². The summed E-state index contributed by atoms with van der Waals surface area (Å²) in [5.74, 6) is 1.74. The Morgan fingerprint density at radius 1 is 0.787 bits per heavy atom. The third-order valence-corrected chi connectivity index (χ3v) is 9.69. The highest BCUT2D eigenvalue weighted by molar-refractivity contribution is 5.86. The summed E-state index contributed by atoms with van der Waals surface area (Å²) in [5.41, 5.74) is 5.91. The number of hydrogen-bond donors (Lipinski definition) is 4. The molecule has 8 rings (SSSR count). The number of fused-ring (bicyclic) bond motifs is 3. The van der Waals surface area contributed by atoms with E-state index in [4.69, 9.17) is 10.2 Å². The van der Waals surface area contributed by atoms with Gasteiger partial charge in [0.05, 0.1) is 18.6 Å². The first kappa shape index (κ1) is 29.2. The number of carbonyl (C=O) groups is 1. The van der Waals surface area contributed by atoms with Gasteiger partial charge in [-0.25, -0.2) is 0 Å². The lowest BCUT2D eigenvalue weighted by atomic mass is 10.0. The highest BCUT2D eigenvalue weighted by Crippen LogP contribution is 2.28. The molecule has 3 aromatic heterocycles. The van der Waals surface area contributed by atoms with Crippen molar-refractivity contribution in [3.63, 3.8) is 0 Å². The summed E-state index contributed by atoms with van der Waals surface area (Å²) in [7, 11) is 0. The van der Waals surface area contributed by atoms with E-state index in [0.29, 0.717) is 13.0 Å². The number of para-hydroxylation sites is 2. The first-order valence-electron chi connectivity index (χ1n) is 16.7. The van der Waals surface area contributed by atoms with Gasteiger partial charge in [-0.3, -0.25) is 4.79 Å². The Morgan fingerprint density at radius 3 is 2.28 bits per heavy atom. The van der Waals surface area contributed by atoms with Crippen molar-refractivity contribution in [1.82, 2.24) is 35.4 Å². The van der Waals surface area contributed by atoms with E-state index in [0.717, 1.165) is 72.3 Å². The van der Waals surface area contributed by atoms with E-state index < -0.39 is 0 Å². The molecule has 0 radical (unpaired) electrons. The van der Waals surface area contributed by atoms with Crippen molar-refractivity contribution in [2.24, 2.45) is 0 Å². The van der Waals surface area contributed by atoms with Gasteiger partial charge in [0.1, 0.15) is 5.82 Å². The van der Waals surface area contributed by atoms with Crippen molar-refractivity contribution in [2.75, 3.05) is 6.54 Å². The second-order valence-electron chi connectivity index (χ2n) is 12.7. The summed E-state index contributed by atoms with van der Waals surface area (Å²) in [6.07, 6.45) is 9.27. The molecular weight excluding hydrogens is 582 g/mol. The summed E-state index contributed by atoms with van der Waals surface area (Å²) in [4.78, 5) is 20.5. The fourth-order valence-electron chi connectivity index (χ4n) is 7.25. The maximum atomic E-state index is 13.6. The zero-order valence-electron chi connectivity index (χ0n) is 26.4. The number of rotatable bonds is 11. The molecule has 2 atom stereocenters. The highest BCUT2D eigenvalue weighted by atomic mass is 16.2. The molecule has 2 unspecified atom stereocenters. The van der Waals surface area contributed by atoms with E-state index in [-0.39, 0.29) is 18.0 Å². The SMILES string of the molecule is O=C(NC(Cc1c[nH]c2ccccc12)c1nnc(CCCc2c[nH]c3ccccc23)n1Cc1cccc2ccccc12)C1CCCN1. The fraction of sp³-hybridized carbons (Fsp3) is 0.256. The third-order valence-electron chi connectivity index (χ3n) is 9.69. The Balaban J connectivity index is 1.16. The smallest absolute Gasteiger partial charge is 0.237 e. The number of aromatic amines is 2. The molecule has 0 aliphatic carbocycles. The van der Waals surface area contributed by atoms with Crippen molar-refractivity contribution < 1.29 is 4.79 Å². The lowest BCUT2D eigenvalue weighted by molar-refractivity contribution is -0.123. The largest absolute Gasteiger partial charge is 0.361 e. The second kappa shape index (κ2) is 12.9. The molecule has 4 aromatic carbocycles. The zero-order valence-corrected chi connectivity index (χ0v) is 26.4. The van der Waals surface area contributed by atoms with Gasteiger partial charge in [0, 0.05) is 47.0 Å². The van der Waals surface area contributed by atoms with Crippen LogP contribution < -0.4 is 10.6 Å². The molecule has 1 fully saturated rings. The van der Waals surface area contributed by atoms with Crippen LogP contribution in [0.5, 0.6) is 0 Å². The van der Waals surface area contributed by atoms with Gasteiger partial charge in [0.25, 0.3) is 0 Å². The highest BCUT2D eigenvalue weighted by Gasteiger charge is 2.29. The van der Waals surface area contributed by atoms with Crippen LogP contribution in [-0.2, 0) is 30.6 Å². The van der Waals surface area contributed by atoms with Crippen LogP contribution in [-0.4, -0.2) is 43.2 Å². The van der Waals surface area contributed by atoms with Crippen molar-refractivity contribution in [1.29, 1.82) is 0 Å². The molecule has 0 spiro atoms. The fourth-order valence-corrected chi connectivity index (χ4v) is 7.25. The average molecular weight is 622 g/mol. The van der Waals surface area contributed by atoms with E-state index >= 15 is 0 Å². The number of nitrogens with zero attached hydrogens (tertiary/aromatic N) is 3. The number of aryl methyl sites for hydroxylation is 2. The van der Waals surface area contributed by atoms with Crippen LogP contribution in [0.25, 0.3) is 32.6 Å². The topological polar surface area (TPSA) is 103 Å². The Hall–Kier alpha value is -5.21. The van der Waals surface area contributed by atoms with E-state index in [9.17, 15) is 4.79 Å². The molecule has 8 nitrogen and oxygen atoms in total. The molecule has 7 aromatic rings. The van der Waals surface area contributed by atoms with Crippen LogP contribution in [0.15, 0.2) is 103 Å². The minimum absolute atomic E-state index is 0.0212. The number of benzene rings is 4. The van der Waals surface area contributed by atoms with E-state index in [2.05, 4.69) is 122 Å². The quantitative estimate of drug-likeness (QED) is 0.128. The summed E-state index contributed by atoms with van der Waals surface area (Å²) < 4.78 is 2.26. The minimum atomic E-state index is -0.353. The van der Waals surface area contributed by atoms with Gasteiger partial charge in [-0.2, -0.15) is 0 Å². The molecule has 1 aliphatic rings. The number of amides is 1. The molecule has 1 saturated heterocycles. The van der Waals surface area contributed by atoms with Gasteiger partial charge in [-0.1, -0.05) is 78.9 Å². The molecule has 1 aliphatic heterocycles. The Morgan fingerprint density at radius 2 is 1.49 bits per heavy atom. The van der Waals surface area contributed by atoms with Crippen LogP contribution in [0.1, 0.15) is 53.6 Å². The van der Waals surface area contributed by atoms with Crippen LogP contribution in [0, 0.1) is 0 Å². The number of hydrogen-bond acceptors (Lipinski definition) is 4. The van der Waals surface area contributed by atoms with Crippen LogP contribution in [0.3, 0.4) is 0 Å². The molecule has 0 saturated carbocycles. The first-order chi connectivity index (χ1) is 23.2. The molecule has 47 heavy (non-hydrogen) atoms. The van der Waals surface area contributed by atoms with E-state index in [1.165, 1.54) is 27.3 Å². The lowest BCUT2D eigenvalue weighted by Crippen LogP contribution is -2.43. The van der Waals surface area contributed by atoms with Gasteiger partial charge in [0.15, 0.2) is 5.82 Å². The Bertz CT molecular complexity index is 2160. The van der Waals surface area contributed by atoms with Crippen LogP contribution in [0.4, 0.5) is 0 Å². The number of aromatic nitrogens is 5. The van der Waals surface area contributed by atoms with Crippen LogP contribution >= 0.6 is 0 Å². The molecule has 4 N–H and O–H groups in total. The molecular formula is C39H39N7O. The number of H-pyrrole nitrogens is 2. The summed E-state index contributed by atoms with van der Waals surface area (Å²) >= 11 is 0. The average Bonchev–Trinajstić information content (AvgIpc) is 3.93. The Kier molecular flexibility index (Phi) is 8.01. The zero-order chi connectivity index (χ0) is 31.6. The monoisotopic (exact) mass is 621 g/mol. The van der Waals surface area contributed by atoms with Gasteiger partial charge < -0.3 is 25.2 Å². The van der Waals surface area contributed by atoms with Gasteiger partial charge in [-0.05, 0) is 71.8 Å². The third kappa shape index (κ3) is 5.92. The second-order valence-corrected chi connectivity index (χ2v) is 12.7. The predicted molar refractivity (Wildman–Crippen MR) is 187 cm³/mol. The van der Waals surface area contributed by atoms with Gasteiger partial charge >= 0.3 is 0 Å². The Labute approximate surface area is 273 Å². The van der Waals surface area contributed by atoms with Crippen molar-refractivity contribution in [3.8, 4) is 0 Å². The maximum Gasteiger partial charge on any atom is 0.237 e. The number of carbonyl (C=O) groups excluding carboxylic acids is 1. The molecule has 0 bridgehead atoms.